The van der Waals surface area contributed by atoms with Crippen LogP contribution in [0.3, 0.4) is 0 Å². The fourth-order valence-corrected chi connectivity index (χ4v) is 2.78. The van der Waals surface area contributed by atoms with E-state index in [0.29, 0.717) is 23.1 Å². The third-order valence-electron chi connectivity index (χ3n) is 4.22. The number of amides is 1. The van der Waals surface area contributed by atoms with Gasteiger partial charge in [-0.15, -0.1) is 0 Å². The first-order valence-corrected chi connectivity index (χ1v) is 8.67. The molecule has 0 aliphatic carbocycles. The van der Waals surface area contributed by atoms with E-state index >= 15 is 0 Å². The minimum Gasteiger partial charge on any atom is -0.342 e. The zero-order valence-corrected chi connectivity index (χ0v) is 14.7. The van der Waals surface area contributed by atoms with E-state index in [9.17, 15) is 14.4 Å². The predicted octanol–water partition coefficient (Wildman–Crippen LogP) is 3.46. The molecule has 1 N–H and O–H groups in total. The molecule has 1 unspecified atom stereocenters. The van der Waals surface area contributed by atoms with Gasteiger partial charge in [0.1, 0.15) is 6.29 Å². The summed E-state index contributed by atoms with van der Waals surface area (Å²) in [5.41, 5.74) is 2.48. The summed E-state index contributed by atoms with van der Waals surface area (Å²) in [4.78, 5) is 36.1. The quantitative estimate of drug-likeness (QED) is 0.520. The molecule has 3 aromatic rings. The highest BCUT2D eigenvalue weighted by molar-refractivity contribution is 6.09. The number of nitrogens with one attached hydrogen (secondary N) is 1. The van der Waals surface area contributed by atoms with Crippen LogP contribution < -0.4 is 5.32 Å². The number of carbonyl (C=O) groups is 3. The summed E-state index contributed by atoms with van der Waals surface area (Å²) in [5.74, 6) is -0.445. The molecule has 0 heterocycles. The van der Waals surface area contributed by atoms with Crippen molar-refractivity contribution in [3.8, 4) is 0 Å². The fourth-order valence-electron chi connectivity index (χ4n) is 2.78. The molecule has 0 aromatic heterocycles. The van der Waals surface area contributed by atoms with Crippen LogP contribution in [0.25, 0.3) is 0 Å². The summed E-state index contributed by atoms with van der Waals surface area (Å²) in [7, 11) is 0. The number of rotatable bonds is 7. The fraction of sp³-hybridized carbons (Fsp3) is 0.0870. The van der Waals surface area contributed by atoms with Gasteiger partial charge in [-0.1, -0.05) is 72.8 Å². The highest BCUT2D eigenvalue weighted by Gasteiger charge is 2.15. The summed E-state index contributed by atoms with van der Waals surface area (Å²) >= 11 is 0. The molecule has 27 heavy (non-hydrogen) atoms. The average molecular weight is 357 g/mol. The van der Waals surface area contributed by atoms with Gasteiger partial charge in [-0.25, -0.2) is 0 Å². The Balaban J connectivity index is 1.66. The topological polar surface area (TPSA) is 63.2 Å². The first-order chi connectivity index (χ1) is 13.2. The molecule has 4 heteroatoms. The Hall–Kier alpha value is -3.53. The van der Waals surface area contributed by atoms with Crippen molar-refractivity contribution >= 4 is 18.0 Å². The molecule has 134 valence electrons. The van der Waals surface area contributed by atoms with Gasteiger partial charge in [0.25, 0.3) is 5.91 Å². The second-order valence-electron chi connectivity index (χ2n) is 6.18. The molecule has 0 radical (unpaired) electrons. The molecule has 0 spiro atoms. The molecule has 4 nitrogen and oxygen atoms in total. The molecule has 0 bridgehead atoms. The van der Waals surface area contributed by atoms with Gasteiger partial charge in [0.15, 0.2) is 5.78 Å². The largest absolute Gasteiger partial charge is 0.342 e. The lowest BCUT2D eigenvalue weighted by molar-refractivity contribution is -0.109. The summed E-state index contributed by atoms with van der Waals surface area (Å²) in [6.07, 6.45) is 1.17. The van der Waals surface area contributed by atoms with E-state index < -0.39 is 6.04 Å². The molecule has 0 saturated carbocycles. The molecule has 3 rings (SSSR count). The first-order valence-electron chi connectivity index (χ1n) is 8.67. The normalized spacial score (nSPS) is 11.4. The molecule has 3 aromatic carbocycles. The lowest BCUT2D eigenvalue weighted by Crippen LogP contribution is -2.37. The maximum absolute atomic E-state index is 12.4. The van der Waals surface area contributed by atoms with Crippen molar-refractivity contribution in [2.24, 2.45) is 0 Å². The Labute approximate surface area is 157 Å². The van der Waals surface area contributed by atoms with E-state index in [1.807, 2.05) is 36.4 Å². The van der Waals surface area contributed by atoms with Crippen LogP contribution in [0.2, 0.25) is 0 Å². The Morgan fingerprint density at radius 3 is 1.85 bits per heavy atom. The third kappa shape index (κ3) is 4.76. The summed E-state index contributed by atoms with van der Waals surface area (Å²) in [6, 6.07) is 24.3. The van der Waals surface area contributed by atoms with Gasteiger partial charge in [0.05, 0.1) is 6.04 Å². The van der Waals surface area contributed by atoms with Crippen LogP contribution in [0.1, 0.15) is 31.8 Å². The van der Waals surface area contributed by atoms with Gasteiger partial charge < -0.3 is 10.1 Å². The Bertz CT molecular complexity index is 919. The third-order valence-corrected chi connectivity index (χ3v) is 4.22. The Morgan fingerprint density at radius 2 is 1.26 bits per heavy atom. The molecule has 1 atom stereocenters. The summed E-state index contributed by atoms with van der Waals surface area (Å²) in [6.45, 7) is 0. The Kier molecular flexibility index (Phi) is 5.90. The standard InChI is InChI=1S/C23H19NO3/c25-16-21(15-17-7-3-1-4-8-17)24-23(27)20-13-11-19(12-14-20)22(26)18-9-5-2-6-10-18/h1-14,16,21H,15H2,(H,24,27). The van der Waals surface area contributed by atoms with Gasteiger partial charge >= 0.3 is 0 Å². The molecule has 0 saturated heterocycles. The number of aldehydes is 1. The molecular weight excluding hydrogens is 338 g/mol. The lowest BCUT2D eigenvalue weighted by Gasteiger charge is -2.13. The van der Waals surface area contributed by atoms with Gasteiger partial charge in [-0.2, -0.15) is 0 Å². The molecule has 0 fully saturated rings. The zero-order valence-electron chi connectivity index (χ0n) is 14.7. The lowest BCUT2D eigenvalue weighted by atomic mass is 10.0. The smallest absolute Gasteiger partial charge is 0.251 e. The van der Waals surface area contributed by atoms with Gasteiger partial charge in [-0.05, 0) is 24.1 Å². The summed E-state index contributed by atoms with van der Waals surface area (Å²) < 4.78 is 0. The van der Waals surface area contributed by atoms with Crippen molar-refractivity contribution in [2.45, 2.75) is 12.5 Å². The van der Waals surface area contributed by atoms with Crippen LogP contribution >= 0.6 is 0 Å². The zero-order chi connectivity index (χ0) is 19.1. The van der Waals surface area contributed by atoms with E-state index in [1.165, 1.54) is 0 Å². The number of carbonyl (C=O) groups excluding carboxylic acids is 3. The van der Waals surface area contributed by atoms with Crippen molar-refractivity contribution in [3.63, 3.8) is 0 Å². The van der Waals surface area contributed by atoms with Crippen molar-refractivity contribution in [3.05, 3.63) is 107 Å². The van der Waals surface area contributed by atoms with Crippen molar-refractivity contribution in [1.29, 1.82) is 0 Å². The van der Waals surface area contributed by atoms with Crippen LogP contribution in [0, 0.1) is 0 Å². The second-order valence-corrected chi connectivity index (χ2v) is 6.18. The van der Waals surface area contributed by atoms with Crippen LogP contribution in [-0.2, 0) is 11.2 Å². The maximum Gasteiger partial charge on any atom is 0.251 e. The van der Waals surface area contributed by atoms with E-state index in [4.69, 9.17) is 0 Å². The number of benzene rings is 3. The van der Waals surface area contributed by atoms with E-state index in [0.717, 1.165) is 11.8 Å². The van der Waals surface area contributed by atoms with Crippen LogP contribution in [-0.4, -0.2) is 24.0 Å². The number of ketones is 1. The predicted molar refractivity (Wildman–Crippen MR) is 104 cm³/mol. The van der Waals surface area contributed by atoms with Crippen LogP contribution in [0.4, 0.5) is 0 Å². The van der Waals surface area contributed by atoms with Crippen molar-refractivity contribution in [2.75, 3.05) is 0 Å². The first kappa shape index (κ1) is 18.3. The monoisotopic (exact) mass is 357 g/mol. The highest BCUT2D eigenvalue weighted by Crippen LogP contribution is 2.11. The highest BCUT2D eigenvalue weighted by atomic mass is 16.2. The molecule has 1 amide bonds. The minimum absolute atomic E-state index is 0.0996. The van der Waals surface area contributed by atoms with E-state index in [-0.39, 0.29) is 11.7 Å². The Morgan fingerprint density at radius 1 is 0.741 bits per heavy atom. The maximum atomic E-state index is 12.4. The minimum atomic E-state index is -0.606. The SMILES string of the molecule is O=CC(Cc1ccccc1)NC(=O)c1ccc(C(=O)c2ccccc2)cc1. The van der Waals surface area contributed by atoms with Gasteiger partial charge in [0.2, 0.25) is 0 Å². The van der Waals surface area contributed by atoms with E-state index in [2.05, 4.69) is 5.32 Å². The van der Waals surface area contributed by atoms with Gasteiger partial charge in [0, 0.05) is 16.7 Å². The van der Waals surface area contributed by atoms with Crippen LogP contribution in [0.15, 0.2) is 84.9 Å². The second kappa shape index (κ2) is 8.72. The molecular formula is C23H19NO3. The number of hydrogen-bond acceptors (Lipinski definition) is 3. The van der Waals surface area contributed by atoms with Crippen molar-refractivity contribution < 1.29 is 14.4 Å². The average Bonchev–Trinajstić information content (AvgIpc) is 2.74. The molecule has 0 aliphatic heterocycles. The van der Waals surface area contributed by atoms with Crippen molar-refractivity contribution in [1.82, 2.24) is 5.32 Å². The van der Waals surface area contributed by atoms with Crippen LogP contribution in [0.5, 0.6) is 0 Å². The number of hydrogen-bond donors (Lipinski definition) is 1. The summed E-state index contributed by atoms with van der Waals surface area (Å²) in [5, 5.41) is 2.72. The van der Waals surface area contributed by atoms with Gasteiger partial charge in [-0.3, -0.25) is 9.59 Å². The van der Waals surface area contributed by atoms with E-state index in [1.54, 1.807) is 48.5 Å². The molecule has 0 aliphatic rings.